The third-order valence-corrected chi connectivity index (χ3v) is 7.27. The van der Waals surface area contributed by atoms with E-state index >= 15 is 0 Å². The van der Waals surface area contributed by atoms with Crippen molar-refractivity contribution >= 4 is 26.9 Å². The van der Waals surface area contributed by atoms with Gasteiger partial charge in [0, 0.05) is 45.3 Å². The lowest BCUT2D eigenvalue weighted by molar-refractivity contribution is 0.0918. The van der Waals surface area contributed by atoms with Crippen LogP contribution in [0.1, 0.15) is 10.6 Å². The molecule has 0 bridgehead atoms. The van der Waals surface area contributed by atoms with Crippen LogP contribution in [0.5, 0.6) is 0 Å². The standard InChI is InChI=1S/C22H22FN3O5S/c23-16-5-7-17(8-6-16)32(29,30)26-13-11-25(12-14-26)10-9-24-22(28)21-15-19(27)18-3-1-2-4-20(18)31-21/h1-8,15H,9-14H2,(H,24,28). The molecule has 168 valence electrons. The molecule has 0 unspecified atom stereocenters. The zero-order valence-electron chi connectivity index (χ0n) is 17.2. The SMILES string of the molecule is O=C(NCCN1CCN(S(=O)(=O)c2ccc(F)cc2)CC1)c1cc(=O)c2ccccc2o1. The fourth-order valence-corrected chi connectivity index (χ4v) is 5.00. The van der Waals surface area contributed by atoms with Gasteiger partial charge in [0.2, 0.25) is 10.0 Å². The van der Waals surface area contributed by atoms with Gasteiger partial charge >= 0.3 is 0 Å². The number of sulfonamides is 1. The monoisotopic (exact) mass is 459 g/mol. The molecule has 1 amide bonds. The number of halogens is 1. The molecule has 1 N–H and O–H groups in total. The number of para-hydroxylation sites is 1. The molecule has 0 aliphatic carbocycles. The summed E-state index contributed by atoms with van der Waals surface area (Å²) < 4.78 is 45.3. The smallest absolute Gasteiger partial charge is 0.287 e. The van der Waals surface area contributed by atoms with Crippen LogP contribution in [0.2, 0.25) is 0 Å². The summed E-state index contributed by atoms with van der Waals surface area (Å²) in [6.07, 6.45) is 0. The third kappa shape index (κ3) is 4.72. The van der Waals surface area contributed by atoms with Crippen LogP contribution < -0.4 is 10.7 Å². The van der Waals surface area contributed by atoms with E-state index in [4.69, 9.17) is 4.42 Å². The number of amides is 1. The predicted octanol–water partition coefficient (Wildman–Crippen LogP) is 1.67. The van der Waals surface area contributed by atoms with E-state index in [1.807, 2.05) is 4.90 Å². The summed E-state index contributed by atoms with van der Waals surface area (Å²) in [7, 11) is -3.67. The molecule has 1 fully saturated rings. The van der Waals surface area contributed by atoms with Crippen molar-refractivity contribution in [1.82, 2.24) is 14.5 Å². The van der Waals surface area contributed by atoms with Gasteiger partial charge < -0.3 is 9.73 Å². The van der Waals surface area contributed by atoms with Crippen LogP contribution in [0, 0.1) is 5.82 Å². The van der Waals surface area contributed by atoms with Crippen LogP contribution >= 0.6 is 0 Å². The minimum absolute atomic E-state index is 0.0519. The summed E-state index contributed by atoms with van der Waals surface area (Å²) in [6.45, 7) is 2.44. The van der Waals surface area contributed by atoms with Crippen molar-refractivity contribution in [3.05, 3.63) is 76.4 Å². The molecule has 1 saturated heterocycles. The summed E-state index contributed by atoms with van der Waals surface area (Å²) in [5.41, 5.74) is 0.0686. The maximum Gasteiger partial charge on any atom is 0.287 e. The number of rotatable bonds is 6. The van der Waals surface area contributed by atoms with Gasteiger partial charge in [0.15, 0.2) is 11.2 Å². The molecule has 1 aliphatic rings. The van der Waals surface area contributed by atoms with E-state index in [-0.39, 0.29) is 16.1 Å². The van der Waals surface area contributed by atoms with Crippen molar-refractivity contribution in [2.75, 3.05) is 39.3 Å². The first-order valence-corrected chi connectivity index (χ1v) is 11.6. The van der Waals surface area contributed by atoms with Gasteiger partial charge in [0.05, 0.1) is 10.3 Å². The highest BCUT2D eigenvalue weighted by atomic mass is 32.2. The van der Waals surface area contributed by atoms with Gasteiger partial charge in [0.25, 0.3) is 5.91 Å². The van der Waals surface area contributed by atoms with Gasteiger partial charge in [-0.2, -0.15) is 4.31 Å². The fraction of sp³-hybridized carbons (Fsp3) is 0.273. The van der Waals surface area contributed by atoms with E-state index in [0.29, 0.717) is 50.2 Å². The lowest BCUT2D eigenvalue weighted by Crippen LogP contribution is -2.50. The number of nitrogens with one attached hydrogen (secondary N) is 1. The van der Waals surface area contributed by atoms with Gasteiger partial charge in [-0.15, -0.1) is 0 Å². The van der Waals surface area contributed by atoms with E-state index in [9.17, 15) is 22.4 Å². The molecule has 32 heavy (non-hydrogen) atoms. The van der Waals surface area contributed by atoms with Gasteiger partial charge in [-0.25, -0.2) is 12.8 Å². The Morgan fingerprint density at radius 2 is 1.72 bits per heavy atom. The zero-order chi connectivity index (χ0) is 22.7. The van der Waals surface area contributed by atoms with E-state index in [1.165, 1.54) is 22.5 Å². The summed E-state index contributed by atoms with van der Waals surface area (Å²) in [5, 5.41) is 3.14. The fourth-order valence-electron chi connectivity index (χ4n) is 3.58. The Labute approximate surface area is 184 Å². The minimum Gasteiger partial charge on any atom is -0.451 e. The molecule has 1 aliphatic heterocycles. The van der Waals surface area contributed by atoms with Crippen LogP contribution in [-0.4, -0.2) is 62.8 Å². The lowest BCUT2D eigenvalue weighted by atomic mass is 10.2. The van der Waals surface area contributed by atoms with Crippen molar-refractivity contribution in [2.24, 2.45) is 0 Å². The Kier molecular flexibility index (Phi) is 6.35. The van der Waals surface area contributed by atoms with Gasteiger partial charge in [-0.05, 0) is 36.4 Å². The Morgan fingerprint density at radius 3 is 2.44 bits per heavy atom. The summed E-state index contributed by atoms with van der Waals surface area (Å²) in [6, 6.07) is 12.7. The quantitative estimate of drug-likeness (QED) is 0.602. The molecule has 0 saturated carbocycles. The first-order valence-electron chi connectivity index (χ1n) is 10.1. The average molecular weight is 459 g/mol. The second kappa shape index (κ2) is 9.19. The molecular weight excluding hydrogens is 437 g/mol. The Bertz CT molecular complexity index is 1280. The first-order chi connectivity index (χ1) is 15.3. The van der Waals surface area contributed by atoms with Crippen molar-refractivity contribution in [1.29, 1.82) is 0 Å². The largest absolute Gasteiger partial charge is 0.451 e. The molecule has 3 aromatic rings. The van der Waals surface area contributed by atoms with Gasteiger partial charge in [-0.3, -0.25) is 14.5 Å². The van der Waals surface area contributed by atoms with Crippen molar-refractivity contribution in [3.63, 3.8) is 0 Å². The van der Waals surface area contributed by atoms with E-state index in [0.717, 1.165) is 12.1 Å². The molecule has 0 radical (unpaired) electrons. The van der Waals surface area contributed by atoms with Crippen molar-refractivity contribution in [2.45, 2.75) is 4.90 Å². The Morgan fingerprint density at radius 1 is 1.03 bits per heavy atom. The molecule has 2 heterocycles. The molecule has 2 aromatic carbocycles. The minimum atomic E-state index is -3.67. The molecule has 10 heteroatoms. The molecule has 0 atom stereocenters. The number of fused-ring (bicyclic) bond motifs is 1. The van der Waals surface area contributed by atoms with Crippen LogP contribution in [0.15, 0.2) is 68.7 Å². The number of nitrogens with zero attached hydrogens (tertiary/aromatic N) is 2. The first kappa shape index (κ1) is 22.1. The number of hydrogen-bond donors (Lipinski definition) is 1. The van der Waals surface area contributed by atoms with E-state index in [2.05, 4.69) is 5.32 Å². The topological polar surface area (TPSA) is 99.9 Å². The summed E-state index contributed by atoms with van der Waals surface area (Å²) in [4.78, 5) is 26.6. The maximum atomic E-state index is 13.1. The normalized spacial score (nSPS) is 15.7. The maximum absolute atomic E-state index is 13.1. The second-order valence-electron chi connectivity index (χ2n) is 7.43. The zero-order valence-corrected chi connectivity index (χ0v) is 18.0. The summed E-state index contributed by atoms with van der Waals surface area (Å²) in [5.74, 6) is -1.02. The van der Waals surface area contributed by atoms with E-state index in [1.54, 1.807) is 24.3 Å². The number of carbonyl (C=O) groups is 1. The summed E-state index contributed by atoms with van der Waals surface area (Å²) >= 11 is 0. The number of benzene rings is 2. The van der Waals surface area contributed by atoms with Crippen LogP contribution in [0.4, 0.5) is 4.39 Å². The number of hydrogen-bond acceptors (Lipinski definition) is 6. The Balaban J connectivity index is 1.29. The van der Waals surface area contributed by atoms with Crippen molar-refractivity contribution < 1.29 is 22.0 Å². The number of piperazine rings is 1. The highest BCUT2D eigenvalue weighted by Gasteiger charge is 2.28. The van der Waals surface area contributed by atoms with E-state index < -0.39 is 21.7 Å². The van der Waals surface area contributed by atoms with Gasteiger partial charge in [0.1, 0.15) is 11.4 Å². The molecular formula is C22H22FN3O5S. The second-order valence-corrected chi connectivity index (χ2v) is 9.36. The number of carbonyl (C=O) groups excluding carboxylic acids is 1. The predicted molar refractivity (Wildman–Crippen MR) is 116 cm³/mol. The van der Waals surface area contributed by atoms with Gasteiger partial charge in [-0.1, -0.05) is 12.1 Å². The molecule has 4 rings (SSSR count). The molecule has 8 nitrogen and oxygen atoms in total. The molecule has 0 spiro atoms. The average Bonchev–Trinajstić information content (AvgIpc) is 2.79. The Hall–Kier alpha value is -3.08. The lowest BCUT2D eigenvalue weighted by Gasteiger charge is -2.33. The third-order valence-electron chi connectivity index (χ3n) is 5.35. The highest BCUT2D eigenvalue weighted by Crippen LogP contribution is 2.18. The molecule has 1 aromatic heterocycles. The highest BCUT2D eigenvalue weighted by molar-refractivity contribution is 7.89. The van der Waals surface area contributed by atoms with Crippen LogP contribution in [0.3, 0.4) is 0 Å². The van der Waals surface area contributed by atoms with Crippen molar-refractivity contribution in [3.8, 4) is 0 Å². The van der Waals surface area contributed by atoms with Crippen LogP contribution in [-0.2, 0) is 10.0 Å². The van der Waals surface area contributed by atoms with Crippen LogP contribution in [0.25, 0.3) is 11.0 Å².